The first kappa shape index (κ1) is 48.9. The summed E-state index contributed by atoms with van der Waals surface area (Å²) < 4.78 is 10.3. The molecule has 5 N–H and O–H groups in total. The molecule has 9 nitrogen and oxygen atoms in total. The maximum atomic E-state index is 13.0. The van der Waals surface area contributed by atoms with E-state index in [0.717, 1.165) is 81.8 Å². The zero-order chi connectivity index (χ0) is 44.0. The van der Waals surface area contributed by atoms with E-state index in [1.54, 1.807) is 12.1 Å². The smallest absolute Gasteiger partial charge is 0.342 e. The molecule has 0 spiro atoms. The Morgan fingerprint density at radius 2 is 1.14 bits per heavy atom. The van der Waals surface area contributed by atoms with Crippen molar-refractivity contribution in [2.24, 2.45) is 11.8 Å². The molecular formula is C50H72O9. The number of phenols is 4. The molecule has 2 aliphatic carbocycles. The molecular weight excluding hydrogens is 745 g/mol. The van der Waals surface area contributed by atoms with Crippen LogP contribution in [-0.2, 0) is 22.3 Å². The molecule has 326 valence electrons. The topological polar surface area (TPSA) is 154 Å². The van der Waals surface area contributed by atoms with Crippen LogP contribution in [0.25, 0.3) is 0 Å². The third-order valence-corrected chi connectivity index (χ3v) is 11.9. The number of carbonyl (C=O) groups is 2. The second-order valence-electron chi connectivity index (χ2n) is 16.9. The molecule has 0 saturated heterocycles. The van der Waals surface area contributed by atoms with Crippen LogP contribution in [0.3, 0.4) is 0 Å². The molecule has 0 amide bonds. The number of esters is 2. The highest BCUT2D eigenvalue weighted by Gasteiger charge is 2.35. The van der Waals surface area contributed by atoms with E-state index in [2.05, 4.69) is 46.1 Å². The van der Waals surface area contributed by atoms with E-state index in [1.807, 2.05) is 27.7 Å². The van der Waals surface area contributed by atoms with E-state index in [4.69, 9.17) is 9.47 Å². The Morgan fingerprint density at radius 1 is 0.712 bits per heavy atom. The first-order valence-electron chi connectivity index (χ1n) is 21.8. The number of benzene rings is 2. The van der Waals surface area contributed by atoms with Crippen LogP contribution in [0.15, 0.2) is 59.7 Å². The van der Waals surface area contributed by atoms with Crippen LogP contribution in [0.1, 0.15) is 180 Å². The van der Waals surface area contributed by atoms with Gasteiger partial charge in [0, 0.05) is 23.0 Å². The lowest BCUT2D eigenvalue weighted by molar-refractivity contribution is 0.0233. The van der Waals surface area contributed by atoms with Gasteiger partial charge >= 0.3 is 11.9 Å². The molecule has 59 heavy (non-hydrogen) atoms. The van der Waals surface area contributed by atoms with Crippen molar-refractivity contribution in [1.29, 1.82) is 0 Å². The molecule has 0 saturated carbocycles. The van der Waals surface area contributed by atoms with Gasteiger partial charge in [0.25, 0.3) is 0 Å². The van der Waals surface area contributed by atoms with Crippen molar-refractivity contribution in [2.45, 2.75) is 156 Å². The van der Waals surface area contributed by atoms with Crippen LogP contribution in [0, 0.1) is 11.8 Å². The minimum atomic E-state index is -0.733. The van der Waals surface area contributed by atoms with E-state index in [0.29, 0.717) is 41.5 Å². The lowest BCUT2D eigenvalue weighted by atomic mass is 9.73. The number of hydrogen-bond donors (Lipinski definition) is 5. The molecule has 0 heterocycles. The molecule has 0 fully saturated rings. The van der Waals surface area contributed by atoms with Gasteiger partial charge in [0.2, 0.25) is 0 Å². The quantitative estimate of drug-likeness (QED) is 0.0562. The van der Waals surface area contributed by atoms with E-state index in [9.17, 15) is 35.1 Å². The van der Waals surface area contributed by atoms with Crippen LogP contribution < -0.4 is 0 Å². The molecule has 4 rings (SSSR count). The number of methoxy groups -OCH3 is 1. The zero-order valence-corrected chi connectivity index (χ0v) is 37.1. The van der Waals surface area contributed by atoms with Gasteiger partial charge in [-0.05, 0) is 121 Å². The highest BCUT2D eigenvalue weighted by atomic mass is 16.5. The van der Waals surface area contributed by atoms with Gasteiger partial charge in [-0.3, -0.25) is 0 Å². The van der Waals surface area contributed by atoms with Crippen LogP contribution in [0.2, 0.25) is 0 Å². The number of aliphatic hydroxyl groups excluding tert-OH is 1. The lowest BCUT2D eigenvalue weighted by Gasteiger charge is -2.32. The fourth-order valence-corrected chi connectivity index (χ4v) is 8.66. The maximum Gasteiger partial charge on any atom is 0.342 e. The van der Waals surface area contributed by atoms with Gasteiger partial charge in [0.05, 0.1) is 13.2 Å². The van der Waals surface area contributed by atoms with Crippen LogP contribution >= 0.6 is 0 Å². The summed E-state index contributed by atoms with van der Waals surface area (Å²) in [6.45, 7) is 22.3. The predicted molar refractivity (Wildman–Crippen MR) is 237 cm³/mol. The van der Waals surface area contributed by atoms with Crippen LogP contribution in [0.4, 0.5) is 0 Å². The van der Waals surface area contributed by atoms with Gasteiger partial charge < -0.3 is 35.0 Å². The van der Waals surface area contributed by atoms with Crippen molar-refractivity contribution < 1.29 is 44.6 Å². The number of aromatic hydroxyl groups is 4. The van der Waals surface area contributed by atoms with Gasteiger partial charge in [0.1, 0.15) is 40.7 Å². The highest BCUT2D eigenvalue weighted by molar-refractivity contribution is 5.96. The minimum Gasteiger partial charge on any atom is -0.507 e. The van der Waals surface area contributed by atoms with E-state index in [-0.39, 0.29) is 64.4 Å². The van der Waals surface area contributed by atoms with Crippen LogP contribution in [0.5, 0.6) is 23.0 Å². The number of phenolic OH excluding ortho intramolecular Hbond substituents is 4. The average molecular weight is 817 g/mol. The first-order valence-corrected chi connectivity index (χ1v) is 21.8. The van der Waals surface area contributed by atoms with Crippen molar-refractivity contribution in [2.75, 3.05) is 13.7 Å². The second kappa shape index (κ2) is 23.3. The van der Waals surface area contributed by atoms with Crippen molar-refractivity contribution in [3.8, 4) is 23.0 Å². The summed E-state index contributed by atoms with van der Waals surface area (Å²) in [7, 11) is 1.31. The minimum absolute atomic E-state index is 0.00114. The highest BCUT2D eigenvalue weighted by Crippen LogP contribution is 2.50. The number of hydrogen-bond acceptors (Lipinski definition) is 9. The number of unbranched alkanes of at least 4 members (excludes halogenated alkanes) is 4. The number of allylic oxidation sites excluding steroid dienone is 6. The maximum absolute atomic E-state index is 13.0. The molecule has 2 aromatic carbocycles. The third-order valence-electron chi connectivity index (χ3n) is 11.9. The molecule has 0 radical (unpaired) electrons. The number of ether oxygens (including phenoxy) is 2. The van der Waals surface area contributed by atoms with Crippen molar-refractivity contribution in [3.05, 3.63) is 93.1 Å². The SMILES string of the molecule is C=C(C)[C@H]1CCC(C)=C[C@@H]1c1c(O)cc(CCCCC)c(C(=O)OC)c1O.C=C(C)[C@H]1CCC(C)=C[C@@H]1c1c(O)cc(CCCCC)c(C(=O)OCC(O)CCC)c1O. The Labute approximate surface area is 353 Å². The van der Waals surface area contributed by atoms with E-state index >= 15 is 0 Å². The Bertz CT molecular complexity index is 1850. The molecule has 0 aliphatic heterocycles. The molecule has 0 bridgehead atoms. The predicted octanol–water partition coefficient (Wildman–Crippen LogP) is 11.8. The molecule has 9 heteroatoms. The fourth-order valence-electron chi connectivity index (χ4n) is 8.66. The second-order valence-corrected chi connectivity index (χ2v) is 16.9. The molecule has 0 aromatic heterocycles. The van der Waals surface area contributed by atoms with E-state index in [1.165, 1.54) is 18.3 Å². The summed E-state index contributed by atoms with van der Waals surface area (Å²) in [4.78, 5) is 25.5. The zero-order valence-electron chi connectivity index (χ0n) is 37.1. The normalized spacial score (nSPS) is 19.4. The third kappa shape index (κ3) is 12.7. The summed E-state index contributed by atoms with van der Waals surface area (Å²) in [5.74, 6) is -1.85. The lowest BCUT2D eigenvalue weighted by Crippen LogP contribution is -2.21. The summed E-state index contributed by atoms with van der Waals surface area (Å²) in [5, 5.41) is 54.0. The Balaban J connectivity index is 0.000000320. The molecule has 5 atom stereocenters. The monoisotopic (exact) mass is 817 g/mol. The van der Waals surface area contributed by atoms with Crippen LogP contribution in [-0.4, -0.2) is 57.3 Å². The number of aryl methyl sites for hydroxylation is 2. The molecule has 2 aliphatic rings. The summed E-state index contributed by atoms with van der Waals surface area (Å²) in [6.07, 6.45) is 15.4. The molecule has 2 aromatic rings. The van der Waals surface area contributed by atoms with Crippen molar-refractivity contribution in [1.82, 2.24) is 0 Å². The number of aliphatic hydroxyl groups is 1. The Hall–Kier alpha value is -4.50. The van der Waals surface area contributed by atoms with Gasteiger partial charge in [-0.25, -0.2) is 9.59 Å². The fraction of sp³-hybridized carbons (Fsp3) is 0.560. The summed E-state index contributed by atoms with van der Waals surface area (Å²) in [5.41, 5.74) is 6.65. The summed E-state index contributed by atoms with van der Waals surface area (Å²) >= 11 is 0. The van der Waals surface area contributed by atoms with Gasteiger partial charge in [0.15, 0.2) is 0 Å². The average Bonchev–Trinajstić information content (AvgIpc) is 3.17. The standard InChI is InChI=1S/C27H40O5.C23H32O4/c1-6-8-9-11-19-15-23(29)25(22-14-18(5)12-13-21(22)17(3)4)26(30)24(19)27(31)32-16-20(28)10-7-2;1-6-7-8-9-16-13-19(24)21(22(25)20(16)23(26)27-5)18-12-15(4)10-11-17(18)14(2)3/h14-15,20-22,28-30H,3,6-13,16H2,1-2,4-5H3;12-13,17-18,24-25H,2,6-11H2,1,3-5H3/t20?,21-,22+;17-,18+/m11/s1. The first-order chi connectivity index (χ1) is 28.0. The van der Waals surface area contributed by atoms with Crippen molar-refractivity contribution in [3.63, 3.8) is 0 Å². The number of carbonyl (C=O) groups excluding carboxylic acids is 2. The van der Waals surface area contributed by atoms with Gasteiger partial charge in [-0.2, -0.15) is 0 Å². The Kier molecular flexibility index (Phi) is 19.3. The Morgan fingerprint density at radius 3 is 1.51 bits per heavy atom. The van der Waals surface area contributed by atoms with Gasteiger partial charge in [-0.1, -0.05) is 100 Å². The molecule has 1 unspecified atom stereocenters. The van der Waals surface area contributed by atoms with E-state index < -0.39 is 18.0 Å². The largest absolute Gasteiger partial charge is 0.507 e. The van der Waals surface area contributed by atoms with Crippen molar-refractivity contribution >= 4 is 11.9 Å². The summed E-state index contributed by atoms with van der Waals surface area (Å²) in [6, 6.07) is 3.24. The number of rotatable bonds is 18. The van der Waals surface area contributed by atoms with Gasteiger partial charge in [-0.15, -0.1) is 0 Å².